The molecule has 0 rings (SSSR count). The standard InChI is InChI=1S/C8H17NO3S/c1-3-6(10)4-13-5-7(9)8(11)12-2/h6-7,10H,3-5,9H2,1-2H3. The molecule has 0 aliphatic carbocycles. The van der Waals surface area contributed by atoms with Gasteiger partial charge in [-0.2, -0.15) is 11.8 Å². The highest BCUT2D eigenvalue weighted by atomic mass is 32.2. The summed E-state index contributed by atoms with van der Waals surface area (Å²) in [5.74, 6) is 0.698. The molecule has 0 aliphatic rings. The van der Waals surface area contributed by atoms with Crippen molar-refractivity contribution in [2.45, 2.75) is 25.5 Å². The molecule has 0 heterocycles. The number of nitrogens with two attached hydrogens (primary N) is 1. The average Bonchev–Trinajstić information content (AvgIpc) is 2.15. The molecule has 0 saturated heterocycles. The van der Waals surface area contributed by atoms with Gasteiger partial charge in [0.05, 0.1) is 13.2 Å². The highest BCUT2D eigenvalue weighted by molar-refractivity contribution is 7.99. The zero-order valence-corrected chi connectivity index (χ0v) is 8.84. The molecule has 2 unspecified atom stereocenters. The van der Waals surface area contributed by atoms with E-state index in [4.69, 9.17) is 5.73 Å². The van der Waals surface area contributed by atoms with E-state index in [9.17, 15) is 9.90 Å². The molecule has 0 bridgehead atoms. The van der Waals surface area contributed by atoms with Crippen molar-refractivity contribution >= 4 is 17.7 Å². The summed E-state index contributed by atoms with van der Waals surface area (Å²) >= 11 is 1.46. The van der Waals surface area contributed by atoms with Gasteiger partial charge in [-0.1, -0.05) is 6.92 Å². The van der Waals surface area contributed by atoms with Crippen LogP contribution in [0.3, 0.4) is 0 Å². The van der Waals surface area contributed by atoms with Gasteiger partial charge in [0, 0.05) is 11.5 Å². The lowest BCUT2D eigenvalue weighted by molar-refractivity contribution is -0.141. The van der Waals surface area contributed by atoms with Crippen LogP contribution in [0, 0.1) is 0 Å². The van der Waals surface area contributed by atoms with Crippen LogP contribution in [-0.2, 0) is 9.53 Å². The van der Waals surface area contributed by atoms with Gasteiger partial charge in [0.2, 0.25) is 0 Å². The van der Waals surface area contributed by atoms with Crippen molar-refractivity contribution in [3.63, 3.8) is 0 Å². The van der Waals surface area contributed by atoms with Gasteiger partial charge in [-0.25, -0.2) is 0 Å². The van der Waals surface area contributed by atoms with E-state index in [1.54, 1.807) is 0 Å². The van der Waals surface area contributed by atoms with E-state index in [0.29, 0.717) is 11.5 Å². The second kappa shape index (κ2) is 7.17. The number of esters is 1. The normalized spacial score (nSPS) is 15.1. The molecule has 3 N–H and O–H groups in total. The summed E-state index contributed by atoms with van der Waals surface area (Å²) in [7, 11) is 1.31. The SMILES string of the molecule is CCC(O)CSCC(N)C(=O)OC. The molecule has 2 atom stereocenters. The van der Waals surface area contributed by atoms with Crippen LogP contribution in [0.25, 0.3) is 0 Å². The van der Waals surface area contributed by atoms with Gasteiger partial charge in [0.15, 0.2) is 0 Å². The van der Waals surface area contributed by atoms with E-state index in [2.05, 4.69) is 4.74 Å². The summed E-state index contributed by atoms with van der Waals surface area (Å²) in [6, 6.07) is -0.584. The molecule has 0 radical (unpaired) electrons. The van der Waals surface area contributed by atoms with Crippen molar-refractivity contribution in [1.82, 2.24) is 0 Å². The number of rotatable bonds is 6. The molecule has 0 fully saturated rings. The Morgan fingerprint density at radius 2 is 2.23 bits per heavy atom. The number of thioether (sulfide) groups is 1. The maximum absolute atomic E-state index is 10.8. The molecule has 0 amide bonds. The zero-order valence-electron chi connectivity index (χ0n) is 8.03. The zero-order chi connectivity index (χ0) is 10.3. The second-order valence-electron chi connectivity index (χ2n) is 2.73. The largest absolute Gasteiger partial charge is 0.468 e. The summed E-state index contributed by atoms with van der Waals surface area (Å²) in [5, 5.41) is 9.19. The Bertz CT molecular complexity index is 154. The predicted octanol–water partition coefficient (Wildman–Crippen LogP) is -0.00920. The van der Waals surface area contributed by atoms with Gasteiger partial charge in [-0.3, -0.25) is 4.79 Å². The van der Waals surface area contributed by atoms with E-state index in [-0.39, 0.29) is 6.10 Å². The van der Waals surface area contributed by atoms with Crippen LogP contribution in [0.5, 0.6) is 0 Å². The first-order chi connectivity index (χ1) is 6.11. The van der Waals surface area contributed by atoms with Crippen LogP contribution in [0.4, 0.5) is 0 Å². The first-order valence-electron chi connectivity index (χ1n) is 4.21. The molecular formula is C8H17NO3S. The van der Waals surface area contributed by atoms with E-state index in [1.807, 2.05) is 6.92 Å². The highest BCUT2D eigenvalue weighted by Crippen LogP contribution is 2.06. The lowest BCUT2D eigenvalue weighted by Gasteiger charge is -2.10. The van der Waals surface area contributed by atoms with Gasteiger partial charge in [-0.05, 0) is 6.42 Å². The fourth-order valence-electron chi connectivity index (χ4n) is 0.668. The molecule has 13 heavy (non-hydrogen) atoms. The van der Waals surface area contributed by atoms with Crippen molar-refractivity contribution in [3.05, 3.63) is 0 Å². The summed E-state index contributed by atoms with van der Waals surface area (Å²) in [6.45, 7) is 1.91. The van der Waals surface area contributed by atoms with Gasteiger partial charge in [0.25, 0.3) is 0 Å². The first kappa shape index (κ1) is 12.7. The number of aliphatic hydroxyl groups excluding tert-OH is 1. The van der Waals surface area contributed by atoms with E-state index in [1.165, 1.54) is 18.9 Å². The monoisotopic (exact) mass is 207 g/mol. The van der Waals surface area contributed by atoms with E-state index < -0.39 is 12.0 Å². The van der Waals surface area contributed by atoms with Gasteiger partial charge >= 0.3 is 5.97 Å². The minimum atomic E-state index is -0.584. The van der Waals surface area contributed by atoms with Crippen molar-refractivity contribution in [2.75, 3.05) is 18.6 Å². The Morgan fingerprint density at radius 3 is 2.69 bits per heavy atom. The lowest BCUT2D eigenvalue weighted by atomic mass is 10.3. The third-order valence-corrected chi connectivity index (χ3v) is 2.80. The second-order valence-corrected chi connectivity index (χ2v) is 3.80. The quantitative estimate of drug-likeness (QED) is 0.599. The van der Waals surface area contributed by atoms with Gasteiger partial charge in [0.1, 0.15) is 6.04 Å². The maximum Gasteiger partial charge on any atom is 0.323 e. The molecular weight excluding hydrogens is 190 g/mol. The van der Waals surface area contributed by atoms with Crippen molar-refractivity contribution < 1.29 is 14.6 Å². The van der Waals surface area contributed by atoms with E-state index in [0.717, 1.165) is 6.42 Å². The molecule has 4 nitrogen and oxygen atoms in total. The fourth-order valence-corrected chi connectivity index (χ4v) is 1.70. The molecule has 0 aromatic rings. The number of methoxy groups -OCH3 is 1. The third kappa shape index (κ3) is 5.90. The smallest absolute Gasteiger partial charge is 0.323 e. The third-order valence-electron chi connectivity index (χ3n) is 1.58. The van der Waals surface area contributed by atoms with Crippen LogP contribution < -0.4 is 5.73 Å². The van der Waals surface area contributed by atoms with Crippen LogP contribution in [0.1, 0.15) is 13.3 Å². The summed E-state index contributed by atoms with van der Waals surface area (Å²) in [6.07, 6.45) is 0.412. The summed E-state index contributed by atoms with van der Waals surface area (Å²) in [4.78, 5) is 10.8. The Labute approximate surface area is 82.8 Å². The molecule has 78 valence electrons. The minimum Gasteiger partial charge on any atom is -0.468 e. The number of ether oxygens (including phenoxy) is 1. The minimum absolute atomic E-state index is 0.310. The molecule has 0 aromatic carbocycles. The Kier molecular flexibility index (Phi) is 7.03. The number of carbonyl (C=O) groups is 1. The summed E-state index contributed by atoms with van der Waals surface area (Å²) < 4.78 is 4.46. The first-order valence-corrected chi connectivity index (χ1v) is 5.36. The summed E-state index contributed by atoms with van der Waals surface area (Å²) in [5.41, 5.74) is 5.48. The molecule has 0 aromatic heterocycles. The van der Waals surface area contributed by atoms with Crippen molar-refractivity contribution in [1.29, 1.82) is 0 Å². The maximum atomic E-state index is 10.8. The Morgan fingerprint density at radius 1 is 1.62 bits per heavy atom. The lowest BCUT2D eigenvalue weighted by Crippen LogP contribution is -2.34. The fraction of sp³-hybridized carbons (Fsp3) is 0.875. The number of aliphatic hydroxyl groups is 1. The average molecular weight is 207 g/mol. The van der Waals surface area contributed by atoms with Crippen LogP contribution in [0.2, 0.25) is 0 Å². The van der Waals surface area contributed by atoms with Gasteiger partial charge in [-0.15, -0.1) is 0 Å². The Balaban J connectivity index is 3.47. The van der Waals surface area contributed by atoms with E-state index >= 15 is 0 Å². The van der Waals surface area contributed by atoms with Crippen molar-refractivity contribution in [2.24, 2.45) is 5.73 Å². The molecule has 0 spiro atoms. The van der Waals surface area contributed by atoms with Crippen LogP contribution >= 0.6 is 11.8 Å². The van der Waals surface area contributed by atoms with Crippen LogP contribution in [0.15, 0.2) is 0 Å². The van der Waals surface area contributed by atoms with Gasteiger partial charge < -0.3 is 15.6 Å². The van der Waals surface area contributed by atoms with Crippen molar-refractivity contribution in [3.8, 4) is 0 Å². The molecule has 0 aliphatic heterocycles. The highest BCUT2D eigenvalue weighted by Gasteiger charge is 2.13. The van der Waals surface area contributed by atoms with Crippen LogP contribution in [-0.4, -0.2) is 41.8 Å². The number of hydrogen-bond acceptors (Lipinski definition) is 5. The molecule has 5 heteroatoms. The number of carbonyl (C=O) groups excluding carboxylic acids is 1. The predicted molar refractivity (Wildman–Crippen MR) is 53.6 cm³/mol. The number of hydrogen-bond donors (Lipinski definition) is 2. The topological polar surface area (TPSA) is 72.5 Å². The molecule has 0 saturated carbocycles. The Hall–Kier alpha value is -0.260.